The molecule has 186 valence electrons. The molecule has 7 nitrogen and oxygen atoms in total. The van der Waals surface area contributed by atoms with Gasteiger partial charge in [0.15, 0.2) is 12.2 Å². The van der Waals surface area contributed by atoms with Crippen molar-refractivity contribution in [2.75, 3.05) is 13.7 Å². The molecule has 0 radical (unpaired) electrons. The summed E-state index contributed by atoms with van der Waals surface area (Å²) in [7, 11) is -2.64. The minimum absolute atomic E-state index is 0.0830. The molecule has 3 aromatic rings. The fraction of sp³-hybridized carbons (Fsp3) is 0.333. The van der Waals surface area contributed by atoms with Crippen molar-refractivity contribution in [3.05, 3.63) is 108 Å². The SMILES string of the molecule is CO[P+]1([O-])O[C@H](COCc2ccccc2)[C@@H](OCc2ccccc2)[C@H](OCc2ccccc2)[C@@H]1O. The van der Waals surface area contributed by atoms with Gasteiger partial charge in [-0.15, -0.1) is 0 Å². The highest BCUT2D eigenvalue weighted by Crippen LogP contribution is 2.61. The van der Waals surface area contributed by atoms with Crippen molar-refractivity contribution in [3.63, 3.8) is 0 Å². The maximum atomic E-state index is 13.3. The zero-order valence-corrected chi connectivity index (χ0v) is 20.5. The van der Waals surface area contributed by atoms with Crippen molar-refractivity contribution in [3.8, 4) is 0 Å². The van der Waals surface area contributed by atoms with E-state index in [-0.39, 0.29) is 19.8 Å². The van der Waals surface area contributed by atoms with Gasteiger partial charge in [0.05, 0.1) is 33.5 Å². The van der Waals surface area contributed by atoms with Gasteiger partial charge in [0.1, 0.15) is 6.10 Å². The second-order valence-corrected chi connectivity index (χ2v) is 10.5. The first-order chi connectivity index (χ1) is 17.1. The first-order valence-corrected chi connectivity index (χ1v) is 13.1. The van der Waals surface area contributed by atoms with Crippen molar-refractivity contribution >= 4 is 7.94 Å². The van der Waals surface area contributed by atoms with Gasteiger partial charge in [-0.1, -0.05) is 91.0 Å². The molecule has 8 heteroatoms. The number of aliphatic hydroxyl groups is 1. The normalized spacial score (nSPS) is 26.5. The van der Waals surface area contributed by atoms with E-state index in [1.54, 1.807) is 0 Å². The van der Waals surface area contributed by atoms with Gasteiger partial charge in [-0.25, -0.2) is 4.52 Å². The molecule has 3 aromatic carbocycles. The number of aliphatic hydroxyl groups excluding tert-OH is 1. The topological polar surface area (TPSA) is 89.4 Å². The van der Waals surface area contributed by atoms with Crippen LogP contribution in [0.4, 0.5) is 0 Å². The zero-order valence-electron chi connectivity index (χ0n) is 19.6. The second-order valence-electron chi connectivity index (χ2n) is 8.30. The van der Waals surface area contributed by atoms with Gasteiger partial charge >= 0.3 is 0 Å². The van der Waals surface area contributed by atoms with Crippen LogP contribution >= 0.6 is 7.94 Å². The third-order valence-corrected chi connectivity index (χ3v) is 7.82. The van der Waals surface area contributed by atoms with Crippen LogP contribution < -0.4 is 4.89 Å². The van der Waals surface area contributed by atoms with Gasteiger partial charge in [-0.3, -0.25) is 0 Å². The van der Waals surface area contributed by atoms with E-state index < -0.39 is 32.1 Å². The van der Waals surface area contributed by atoms with E-state index in [0.717, 1.165) is 16.7 Å². The van der Waals surface area contributed by atoms with E-state index in [0.29, 0.717) is 6.61 Å². The molecule has 0 aromatic heterocycles. The summed E-state index contributed by atoms with van der Waals surface area (Å²) in [5.41, 5.74) is 2.86. The highest BCUT2D eigenvalue weighted by Gasteiger charge is 2.58. The minimum Gasteiger partial charge on any atom is -0.629 e. The Morgan fingerprint density at radius 1 is 0.743 bits per heavy atom. The Morgan fingerprint density at radius 3 is 1.69 bits per heavy atom. The lowest BCUT2D eigenvalue weighted by Crippen LogP contribution is -2.57. The standard InChI is InChI=1S/C27H31O7P/c1-30-35(29)27(28)26(33-19-23-15-9-4-10-16-23)25(32-18-22-13-7-3-8-14-22)24(34-35)20-31-17-21-11-5-2-6-12-21/h2-16,24-28H,17-20H2,1H3/t24-,25-,26+,27-,35?/m1/s1. The molecule has 1 fully saturated rings. The van der Waals surface area contributed by atoms with Crippen LogP contribution in [0.3, 0.4) is 0 Å². The lowest BCUT2D eigenvalue weighted by atomic mass is 10.1. The molecule has 1 N–H and O–H groups in total. The highest BCUT2D eigenvalue weighted by molar-refractivity contribution is 7.59. The second kappa shape index (κ2) is 12.7. The Bertz CT molecular complexity index is 1010. The van der Waals surface area contributed by atoms with Gasteiger partial charge < -0.3 is 24.2 Å². The predicted molar refractivity (Wildman–Crippen MR) is 131 cm³/mol. The number of ether oxygens (including phenoxy) is 3. The van der Waals surface area contributed by atoms with E-state index in [1.807, 2.05) is 91.0 Å². The molecule has 0 bridgehead atoms. The molecule has 35 heavy (non-hydrogen) atoms. The van der Waals surface area contributed by atoms with Crippen molar-refractivity contribution < 1.29 is 33.3 Å². The van der Waals surface area contributed by atoms with Crippen LogP contribution in [0.1, 0.15) is 16.7 Å². The Morgan fingerprint density at radius 2 is 1.20 bits per heavy atom. The fourth-order valence-electron chi connectivity index (χ4n) is 3.93. The van der Waals surface area contributed by atoms with Gasteiger partial charge in [-0.05, 0) is 16.7 Å². The highest BCUT2D eigenvalue weighted by atomic mass is 31.2. The third-order valence-electron chi connectivity index (χ3n) is 5.81. The fourth-order valence-corrected chi connectivity index (χ4v) is 5.53. The molecule has 0 spiro atoms. The van der Waals surface area contributed by atoms with E-state index in [9.17, 15) is 10.00 Å². The Kier molecular flexibility index (Phi) is 9.38. The number of benzene rings is 3. The predicted octanol–water partition coefficient (Wildman–Crippen LogP) is 3.86. The quantitative estimate of drug-likeness (QED) is 0.402. The molecular formula is C27H31O7P. The summed E-state index contributed by atoms with van der Waals surface area (Å²) in [6.45, 7) is 0.898. The van der Waals surface area contributed by atoms with Crippen LogP contribution in [0.5, 0.6) is 0 Å². The minimum atomic E-state index is -3.89. The van der Waals surface area contributed by atoms with Crippen LogP contribution in [-0.4, -0.2) is 43.0 Å². The first kappa shape index (κ1) is 25.9. The number of hydrogen-bond acceptors (Lipinski definition) is 7. The molecule has 0 amide bonds. The Hall–Kier alpha value is -2.19. The molecule has 1 aliphatic heterocycles. The van der Waals surface area contributed by atoms with Crippen LogP contribution in [0.25, 0.3) is 0 Å². The third kappa shape index (κ3) is 6.94. The molecule has 0 saturated carbocycles. The maximum absolute atomic E-state index is 13.3. The monoisotopic (exact) mass is 498 g/mol. The first-order valence-electron chi connectivity index (χ1n) is 11.5. The average molecular weight is 499 g/mol. The van der Waals surface area contributed by atoms with Crippen molar-refractivity contribution in [1.82, 2.24) is 0 Å². The van der Waals surface area contributed by atoms with Gasteiger partial charge in [0.2, 0.25) is 5.85 Å². The summed E-state index contributed by atoms with van der Waals surface area (Å²) in [4.78, 5) is 13.3. The molecule has 4 rings (SSSR count). The summed E-state index contributed by atoms with van der Waals surface area (Å²) >= 11 is 0. The zero-order chi connectivity index (χ0) is 24.5. The van der Waals surface area contributed by atoms with Crippen LogP contribution in [0.2, 0.25) is 0 Å². The largest absolute Gasteiger partial charge is 0.629 e. The molecule has 1 unspecified atom stereocenters. The van der Waals surface area contributed by atoms with Gasteiger partial charge in [-0.2, -0.15) is 4.52 Å². The summed E-state index contributed by atoms with van der Waals surface area (Å²) in [6, 6.07) is 29.0. The van der Waals surface area contributed by atoms with E-state index in [2.05, 4.69) is 0 Å². The number of rotatable bonds is 11. The summed E-state index contributed by atoms with van der Waals surface area (Å²) < 4.78 is 29.2. The van der Waals surface area contributed by atoms with Crippen molar-refractivity contribution in [2.24, 2.45) is 0 Å². The van der Waals surface area contributed by atoms with Crippen LogP contribution in [0.15, 0.2) is 91.0 Å². The molecule has 1 saturated heterocycles. The molecule has 5 atom stereocenters. The molecular weight excluding hydrogens is 467 g/mol. The molecule has 1 aliphatic rings. The summed E-state index contributed by atoms with van der Waals surface area (Å²) in [5.74, 6) is -1.51. The lowest BCUT2D eigenvalue weighted by Gasteiger charge is -2.45. The van der Waals surface area contributed by atoms with E-state index >= 15 is 0 Å². The average Bonchev–Trinajstić information content (AvgIpc) is 2.91. The maximum Gasteiger partial charge on any atom is 0.270 e. The summed E-state index contributed by atoms with van der Waals surface area (Å²) in [5, 5.41) is 11.0. The van der Waals surface area contributed by atoms with E-state index in [4.69, 9.17) is 23.3 Å². The smallest absolute Gasteiger partial charge is 0.270 e. The van der Waals surface area contributed by atoms with E-state index in [1.165, 1.54) is 7.11 Å². The summed E-state index contributed by atoms with van der Waals surface area (Å²) in [6.07, 6.45) is -2.48. The number of hydrogen-bond donors (Lipinski definition) is 1. The van der Waals surface area contributed by atoms with Crippen LogP contribution in [-0.2, 0) is 43.1 Å². The molecule has 1 heterocycles. The van der Waals surface area contributed by atoms with Gasteiger partial charge in [0, 0.05) is 0 Å². The Balaban J connectivity index is 1.53. The van der Waals surface area contributed by atoms with Crippen LogP contribution in [0, 0.1) is 0 Å². The van der Waals surface area contributed by atoms with Gasteiger partial charge in [0.25, 0.3) is 7.94 Å². The van der Waals surface area contributed by atoms with Crippen molar-refractivity contribution in [1.29, 1.82) is 0 Å². The van der Waals surface area contributed by atoms with Crippen molar-refractivity contribution in [2.45, 2.75) is 44.0 Å². The Labute approximate surface area is 206 Å². The molecule has 0 aliphatic carbocycles. The lowest BCUT2D eigenvalue weighted by molar-refractivity contribution is -0.268.